The second-order valence-electron chi connectivity index (χ2n) is 3.60. The van der Waals surface area contributed by atoms with Gasteiger partial charge >= 0.3 is 12.2 Å². The molecule has 0 spiro atoms. The molecule has 3 N–H and O–H groups in total. The highest BCUT2D eigenvalue weighted by atomic mass is 16.6. The highest BCUT2D eigenvalue weighted by molar-refractivity contribution is 5.99. The van der Waals surface area contributed by atoms with Gasteiger partial charge < -0.3 is 9.47 Å². The van der Waals surface area contributed by atoms with E-state index in [-0.39, 0.29) is 13.2 Å². The van der Waals surface area contributed by atoms with Crippen LogP contribution in [0.5, 0.6) is 0 Å². The molecule has 0 radical (unpaired) electrons. The molecule has 2 amide bonds. The Bertz CT molecular complexity index is 255. The lowest BCUT2D eigenvalue weighted by Gasteiger charge is -2.09. The first-order chi connectivity index (χ1) is 8.60. The van der Waals surface area contributed by atoms with Crippen molar-refractivity contribution in [3.05, 3.63) is 0 Å². The number of nitrogens with one attached hydrogen (secondary N) is 3. The fourth-order valence-electron chi connectivity index (χ4n) is 0.926. The summed E-state index contributed by atoms with van der Waals surface area (Å²) in [6, 6.07) is 0. The Balaban J connectivity index is 3.68. The third-order valence-corrected chi connectivity index (χ3v) is 1.92. The van der Waals surface area contributed by atoms with E-state index in [0.717, 1.165) is 25.7 Å². The van der Waals surface area contributed by atoms with Gasteiger partial charge in [-0.05, 0) is 12.8 Å². The molecule has 0 saturated heterocycles. The van der Waals surface area contributed by atoms with Crippen LogP contribution in [0.15, 0.2) is 0 Å². The quantitative estimate of drug-likeness (QED) is 0.385. The predicted molar refractivity (Wildman–Crippen MR) is 66.5 cm³/mol. The van der Waals surface area contributed by atoms with E-state index in [1.54, 1.807) is 0 Å². The van der Waals surface area contributed by atoms with Gasteiger partial charge in [0.15, 0.2) is 0 Å². The molecule has 0 heterocycles. The number of hydrogen-bond acceptors (Lipinski definition) is 5. The number of hydrogen-bond donors (Lipinski definition) is 3. The lowest BCUT2D eigenvalue weighted by atomic mass is 10.4. The summed E-state index contributed by atoms with van der Waals surface area (Å²) in [4.78, 5) is 22.2. The number of carbonyl (C=O) groups excluding carboxylic acids is 2. The number of alkyl carbamates (subject to hydrolysis) is 2. The van der Waals surface area contributed by atoms with E-state index < -0.39 is 18.1 Å². The van der Waals surface area contributed by atoms with Crippen LogP contribution in [0.25, 0.3) is 0 Å². The highest BCUT2D eigenvalue weighted by Gasteiger charge is 2.09. The van der Waals surface area contributed by atoms with Crippen LogP contribution in [-0.2, 0) is 9.47 Å². The molecule has 0 aliphatic heterocycles. The van der Waals surface area contributed by atoms with E-state index >= 15 is 0 Å². The third kappa shape index (κ3) is 9.44. The smallest absolute Gasteiger partial charge is 0.413 e. The van der Waals surface area contributed by atoms with Crippen molar-refractivity contribution >= 4 is 18.1 Å². The van der Waals surface area contributed by atoms with Crippen molar-refractivity contribution in [2.45, 2.75) is 39.5 Å². The average Bonchev–Trinajstić information content (AvgIpc) is 2.29. The molecule has 0 saturated carbocycles. The molecular weight excluding hydrogens is 238 g/mol. The van der Waals surface area contributed by atoms with Gasteiger partial charge in [0.25, 0.3) is 0 Å². The van der Waals surface area contributed by atoms with Crippen LogP contribution in [0.1, 0.15) is 39.5 Å². The van der Waals surface area contributed by atoms with Crippen molar-refractivity contribution in [3.8, 4) is 0 Å². The molecule has 18 heavy (non-hydrogen) atoms. The van der Waals surface area contributed by atoms with Crippen LogP contribution in [0.2, 0.25) is 0 Å². The van der Waals surface area contributed by atoms with E-state index in [1.807, 2.05) is 13.8 Å². The van der Waals surface area contributed by atoms with Gasteiger partial charge in [0, 0.05) is 0 Å². The monoisotopic (exact) mass is 259 g/mol. The van der Waals surface area contributed by atoms with Crippen LogP contribution in [-0.4, -0.2) is 31.4 Å². The van der Waals surface area contributed by atoms with Crippen molar-refractivity contribution < 1.29 is 19.1 Å². The summed E-state index contributed by atoms with van der Waals surface area (Å²) >= 11 is 0. The van der Waals surface area contributed by atoms with Crippen LogP contribution in [0, 0.1) is 5.41 Å². The Morgan fingerprint density at radius 1 is 0.944 bits per heavy atom. The number of ether oxygens (including phenoxy) is 2. The molecule has 0 unspecified atom stereocenters. The lowest BCUT2D eigenvalue weighted by molar-refractivity contribution is 0.146. The van der Waals surface area contributed by atoms with Crippen molar-refractivity contribution in [2.75, 3.05) is 13.2 Å². The molecule has 0 atom stereocenters. The van der Waals surface area contributed by atoms with Crippen molar-refractivity contribution in [3.63, 3.8) is 0 Å². The van der Waals surface area contributed by atoms with E-state index in [4.69, 9.17) is 14.9 Å². The number of unbranched alkanes of at least 4 members (excludes halogenated alkanes) is 2. The second kappa shape index (κ2) is 10.4. The minimum atomic E-state index is -0.762. The molecule has 7 heteroatoms. The van der Waals surface area contributed by atoms with Crippen LogP contribution in [0.3, 0.4) is 0 Å². The van der Waals surface area contributed by atoms with Gasteiger partial charge in [0.1, 0.15) is 0 Å². The maximum absolute atomic E-state index is 11.1. The number of carbonyl (C=O) groups is 2. The zero-order valence-corrected chi connectivity index (χ0v) is 10.9. The fraction of sp³-hybridized carbons (Fsp3) is 0.727. The molecule has 0 aliphatic carbocycles. The summed E-state index contributed by atoms with van der Waals surface area (Å²) in [5.74, 6) is -0.460. The lowest BCUT2D eigenvalue weighted by Crippen LogP contribution is -2.43. The zero-order valence-electron chi connectivity index (χ0n) is 10.9. The standard InChI is InChI=1S/C11H21N3O4/c1-3-5-7-17-10(15)13-9(12)14-11(16)18-8-6-4-2/h3-8H2,1-2H3,(H3,12,13,14,15,16). The minimum Gasteiger partial charge on any atom is -0.449 e. The second-order valence-corrected chi connectivity index (χ2v) is 3.60. The van der Waals surface area contributed by atoms with Crippen LogP contribution in [0.4, 0.5) is 9.59 Å². The van der Waals surface area contributed by atoms with Gasteiger partial charge in [0.05, 0.1) is 13.2 Å². The summed E-state index contributed by atoms with van der Waals surface area (Å²) in [7, 11) is 0. The van der Waals surface area contributed by atoms with Gasteiger partial charge in [-0.3, -0.25) is 16.0 Å². The Hall–Kier alpha value is -1.79. The Morgan fingerprint density at radius 3 is 1.67 bits per heavy atom. The van der Waals surface area contributed by atoms with Crippen LogP contribution < -0.4 is 10.6 Å². The van der Waals surface area contributed by atoms with Gasteiger partial charge in [-0.2, -0.15) is 0 Å². The fourth-order valence-corrected chi connectivity index (χ4v) is 0.926. The van der Waals surface area contributed by atoms with E-state index in [0.29, 0.717) is 0 Å². The summed E-state index contributed by atoms with van der Waals surface area (Å²) < 4.78 is 9.50. The van der Waals surface area contributed by atoms with E-state index in [1.165, 1.54) is 0 Å². The molecule has 0 rings (SSSR count). The van der Waals surface area contributed by atoms with Crippen molar-refractivity contribution in [1.29, 1.82) is 5.41 Å². The average molecular weight is 259 g/mol. The van der Waals surface area contributed by atoms with E-state index in [2.05, 4.69) is 10.6 Å². The van der Waals surface area contributed by atoms with Gasteiger partial charge in [0.2, 0.25) is 5.96 Å². The summed E-state index contributed by atoms with van der Waals surface area (Å²) in [5, 5.41) is 11.4. The molecule has 104 valence electrons. The molecule has 0 aromatic heterocycles. The van der Waals surface area contributed by atoms with Gasteiger partial charge in [-0.1, -0.05) is 26.7 Å². The first kappa shape index (κ1) is 16.2. The summed E-state index contributed by atoms with van der Waals surface area (Å²) in [5.41, 5.74) is 0. The first-order valence-electron chi connectivity index (χ1n) is 6.06. The normalized spacial score (nSPS) is 9.44. The molecule has 0 aromatic carbocycles. The summed E-state index contributed by atoms with van der Waals surface area (Å²) in [6.07, 6.45) is 1.81. The Kier molecular flexibility index (Phi) is 9.34. The predicted octanol–water partition coefficient (Wildman–Crippen LogP) is 1.97. The SMILES string of the molecule is CCCCOC(=O)NC(=N)NC(=O)OCCCC. The topological polar surface area (TPSA) is 101 Å². The maximum atomic E-state index is 11.1. The van der Waals surface area contributed by atoms with E-state index in [9.17, 15) is 9.59 Å². The molecule has 0 aromatic rings. The largest absolute Gasteiger partial charge is 0.449 e. The molecule has 7 nitrogen and oxygen atoms in total. The van der Waals surface area contributed by atoms with Crippen molar-refractivity contribution in [2.24, 2.45) is 0 Å². The Labute approximate surface area is 107 Å². The molecular formula is C11H21N3O4. The third-order valence-electron chi connectivity index (χ3n) is 1.92. The van der Waals surface area contributed by atoms with Crippen LogP contribution >= 0.6 is 0 Å². The Morgan fingerprint density at radius 2 is 1.33 bits per heavy atom. The molecule has 0 fully saturated rings. The number of amides is 2. The van der Waals surface area contributed by atoms with Gasteiger partial charge in [-0.15, -0.1) is 0 Å². The molecule has 0 bridgehead atoms. The van der Waals surface area contributed by atoms with Crippen molar-refractivity contribution in [1.82, 2.24) is 10.6 Å². The summed E-state index contributed by atoms with van der Waals surface area (Å²) in [6.45, 7) is 4.52. The van der Waals surface area contributed by atoms with Gasteiger partial charge in [-0.25, -0.2) is 9.59 Å². The number of guanidine groups is 1. The highest BCUT2D eigenvalue weighted by Crippen LogP contribution is 1.89. The molecule has 0 aliphatic rings. The zero-order chi connectivity index (χ0) is 13.8. The minimum absolute atomic E-state index is 0.288. The first-order valence-corrected chi connectivity index (χ1v) is 6.06. The number of rotatable bonds is 6. The maximum Gasteiger partial charge on any atom is 0.413 e.